The zero-order chi connectivity index (χ0) is 17.7. The molecule has 6 nitrogen and oxygen atoms in total. The summed E-state index contributed by atoms with van der Waals surface area (Å²) in [4.78, 5) is 12.4. The van der Waals surface area contributed by atoms with E-state index in [1.165, 1.54) is 0 Å². The molecule has 0 spiro atoms. The van der Waals surface area contributed by atoms with Crippen molar-refractivity contribution in [3.05, 3.63) is 17.8 Å². The van der Waals surface area contributed by atoms with Crippen molar-refractivity contribution < 1.29 is 14.3 Å². The van der Waals surface area contributed by atoms with E-state index < -0.39 is 6.10 Å². The second-order valence-electron chi connectivity index (χ2n) is 7.22. The third-order valence-corrected chi connectivity index (χ3v) is 4.10. The minimum Gasteiger partial charge on any atom is -0.376 e. The highest BCUT2D eigenvalue weighted by atomic mass is 16.5. The molecule has 2 heterocycles. The largest absolute Gasteiger partial charge is 0.376 e. The van der Waals surface area contributed by atoms with Gasteiger partial charge in [-0.2, -0.15) is 5.26 Å². The maximum Gasteiger partial charge on any atom is 0.254 e. The Morgan fingerprint density at radius 2 is 2.29 bits per heavy atom. The first-order chi connectivity index (χ1) is 11.3. The molecule has 2 atom stereocenters. The molecule has 1 aromatic rings. The standard InChI is InChI=1S/C18H27N3O3/c1-13(24-12-15-7-5-6-8-23-15)17(22)20-16-9-14(10-19)11-21(16)18(2,3)4/h9,11,13,15H,5-8,12H2,1-4H3,(H,20,22)/t13-,15+/m1/s1. The smallest absolute Gasteiger partial charge is 0.254 e. The van der Waals surface area contributed by atoms with Crippen LogP contribution in [0.1, 0.15) is 52.5 Å². The predicted molar refractivity (Wildman–Crippen MR) is 91.8 cm³/mol. The molecule has 0 saturated carbocycles. The number of ether oxygens (including phenoxy) is 2. The molecular weight excluding hydrogens is 306 g/mol. The molecule has 6 heteroatoms. The monoisotopic (exact) mass is 333 g/mol. The first-order valence-electron chi connectivity index (χ1n) is 8.48. The Morgan fingerprint density at radius 1 is 1.54 bits per heavy atom. The summed E-state index contributed by atoms with van der Waals surface area (Å²) in [6.07, 6.45) is 4.47. The number of aromatic nitrogens is 1. The van der Waals surface area contributed by atoms with Crippen LogP contribution < -0.4 is 5.32 Å². The van der Waals surface area contributed by atoms with Crippen LogP contribution in [0.25, 0.3) is 0 Å². The van der Waals surface area contributed by atoms with E-state index in [-0.39, 0.29) is 17.6 Å². The molecule has 1 amide bonds. The van der Waals surface area contributed by atoms with Crippen LogP contribution >= 0.6 is 0 Å². The van der Waals surface area contributed by atoms with Gasteiger partial charge in [-0.25, -0.2) is 0 Å². The van der Waals surface area contributed by atoms with Crippen molar-refractivity contribution in [2.75, 3.05) is 18.5 Å². The van der Waals surface area contributed by atoms with Crippen molar-refractivity contribution >= 4 is 11.7 Å². The van der Waals surface area contributed by atoms with E-state index in [1.54, 1.807) is 19.2 Å². The van der Waals surface area contributed by atoms with Crippen molar-refractivity contribution in [2.45, 2.75) is 64.7 Å². The molecule has 0 aliphatic carbocycles. The minimum atomic E-state index is -0.579. The number of amides is 1. The third kappa shape index (κ3) is 4.83. The van der Waals surface area contributed by atoms with E-state index in [9.17, 15) is 4.79 Å². The Bertz CT molecular complexity index is 604. The maximum absolute atomic E-state index is 12.4. The average Bonchev–Trinajstić information content (AvgIpc) is 2.96. The molecular formula is C18H27N3O3. The molecule has 0 unspecified atom stereocenters. The highest BCUT2D eigenvalue weighted by molar-refractivity contribution is 5.93. The van der Waals surface area contributed by atoms with Gasteiger partial charge in [-0.15, -0.1) is 0 Å². The number of nitrogens with zero attached hydrogens (tertiary/aromatic N) is 2. The van der Waals surface area contributed by atoms with Crippen LogP contribution in [0.3, 0.4) is 0 Å². The summed E-state index contributed by atoms with van der Waals surface area (Å²) in [5.41, 5.74) is 0.280. The molecule has 2 rings (SSSR count). The summed E-state index contributed by atoms with van der Waals surface area (Å²) in [6, 6.07) is 3.79. The molecule has 1 fully saturated rings. The van der Waals surface area contributed by atoms with E-state index in [0.717, 1.165) is 25.9 Å². The second-order valence-corrected chi connectivity index (χ2v) is 7.22. The Balaban J connectivity index is 1.96. The van der Waals surface area contributed by atoms with Crippen molar-refractivity contribution in [3.63, 3.8) is 0 Å². The number of carbonyl (C=O) groups is 1. The number of anilines is 1. The Kier molecular flexibility index (Phi) is 6.03. The lowest BCUT2D eigenvalue weighted by atomic mass is 10.1. The minimum absolute atomic E-state index is 0.0811. The van der Waals surface area contributed by atoms with Gasteiger partial charge >= 0.3 is 0 Å². The first-order valence-corrected chi connectivity index (χ1v) is 8.48. The average molecular weight is 333 g/mol. The van der Waals surface area contributed by atoms with Gasteiger partial charge in [0, 0.05) is 18.3 Å². The third-order valence-electron chi connectivity index (χ3n) is 4.10. The Labute approximate surface area is 143 Å². The van der Waals surface area contributed by atoms with Crippen molar-refractivity contribution in [2.24, 2.45) is 0 Å². The SMILES string of the molecule is C[C@@H](OC[C@@H]1CCCCO1)C(=O)Nc1cc(C#N)cn1C(C)(C)C. The molecule has 1 aromatic heterocycles. The van der Waals surface area contributed by atoms with Crippen LogP contribution in [0.15, 0.2) is 12.3 Å². The van der Waals surface area contributed by atoms with Crippen LogP contribution in [-0.2, 0) is 19.8 Å². The number of nitriles is 1. The molecule has 1 aliphatic heterocycles. The topological polar surface area (TPSA) is 76.3 Å². The van der Waals surface area contributed by atoms with E-state index in [4.69, 9.17) is 14.7 Å². The van der Waals surface area contributed by atoms with Crippen LogP contribution in [0.4, 0.5) is 5.82 Å². The first kappa shape index (κ1) is 18.5. The maximum atomic E-state index is 12.4. The van der Waals surface area contributed by atoms with E-state index in [1.807, 2.05) is 25.3 Å². The fourth-order valence-electron chi connectivity index (χ4n) is 2.67. The number of hydrogen-bond donors (Lipinski definition) is 1. The van der Waals surface area contributed by atoms with E-state index in [0.29, 0.717) is 18.0 Å². The van der Waals surface area contributed by atoms with Gasteiger partial charge in [0.15, 0.2) is 0 Å². The van der Waals surface area contributed by atoms with Crippen molar-refractivity contribution in [3.8, 4) is 6.07 Å². The Morgan fingerprint density at radius 3 is 2.88 bits per heavy atom. The van der Waals surface area contributed by atoms with Crippen LogP contribution in [0.2, 0.25) is 0 Å². The summed E-state index contributed by atoms with van der Waals surface area (Å²) in [5.74, 6) is 0.382. The van der Waals surface area contributed by atoms with Crippen LogP contribution in [0.5, 0.6) is 0 Å². The fraction of sp³-hybridized carbons (Fsp3) is 0.667. The molecule has 1 saturated heterocycles. The van der Waals surface area contributed by atoms with Gasteiger partial charge in [-0.05, 0) is 53.0 Å². The van der Waals surface area contributed by atoms with Crippen molar-refractivity contribution in [1.29, 1.82) is 5.26 Å². The lowest BCUT2D eigenvalue weighted by Gasteiger charge is -2.26. The highest BCUT2D eigenvalue weighted by Crippen LogP contribution is 2.24. The second kappa shape index (κ2) is 7.82. The summed E-state index contributed by atoms with van der Waals surface area (Å²) >= 11 is 0. The summed E-state index contributed by atoms with van der Waals surface area (Å²) in [5, 5.41) is 12.0. The number of rotatable bonds is 5. The zero-order valence-corrected chi connectivity index (χ0v) is 15.0. The predicted octanol–water partition coefficient (Wildman–Crippen LogP) is 3.03. The summed E-state index contributed by atoms with van der Waals surface area (Å²) < 4.78 is 13.2. The van der Waals surface area contributed by atoms with Crippen LogP contribution in [0, 0.1) is 11.3 Å². The molecule has 24 heavy (non-hydrogen) atoms. The van der Waals surface area contributed by atoms with Gasteiger partial charge in [0.25, 0.3) is 5.91 Å². The normalized spacial score (nSPS) is 19.5. The number of nitrogens with one attached hydrogen (secondary N) is 1. The lowest BCUT2D eigenvalue weighted by molar-refractivity contribution is -0.130. The molecule has 0 bridgehead atoms. The van der Waals surface area contributed by atoms with Crippen LogP contribution in [-0.4, -0.2) is 35.9 Å². The molecule has 0 aromatic carbocycles. The number of carbonyl (C=O) groups excluding carboxylic acids is 1. The summed E-state index contributed by atoms with van der Waals surface area (Å²) in [7, 11) is 0. The van der Waals surface area contributed by atoms with Gasteiger partial charge in [0.2, 0.25) is 0 Å². The van der Waals surface area contributed by atoms with Gasteiger partial charge in [0.1, 0.15) is 18.0 Å². The van der Waals surface area contributed by atoms with Gasteiger partial charge in [-0.1, -0.05) is 0 Å². The van der Waals surface area contributed by atoms with Crippen molar-refractivity contribution in [1.82, 2.24) is 4.57 Å². The zero-order valence-electron chi connectivity index (χ0n) is 15.0. The fourth-order valence-corrected chi connectivity index (χ4v) is 2.67. The summed E-state index contributed by atoms with van der Waals surface area (Å²) in [6.45, 7) is 8.98. The molecule has 0 radical (unpaired) electrons. The Hall–Kier alpha value is -1.84. The van der Waals surface area contributed by atoms with Gasteiger partial charge in [0.05, 0.1) is 18.3 Å². The lowest BCUT2D eigenvalue weighted by Crippen LogP contribution is -2.34. The molecule has 1 N–H and O–H groups in total. The van der Waals surface area contributed by atoms with Gasteiger partial charge < -0.3 is 19.4 Å². The van der Waals surface area contributed by atoms with E-state index >= 15 is 0 Å². The van der Waals surface area contributed by atoms with E-state index in [2.05, 4.69) is 11.4 Å². The number of hydrogen-bond acceptors (Lipinski definition) is 4. The van der Waals surface area contributed by atoms with Gasteiger partial charge in [-0.3, -0.25) is 4.79 Å². The highest BCUT2D eigenvalue weighted by Gasteiger charge is 2.22. The molecule has 1 aliphatic rings. The molecule has 132 valence electrons. The quantitative estimate of drug-likeness (QED) is 0.898.